The van der Waals surface area contributed by atoms with Crippen molar-refractivity contribution in [2.45, 2.75) is 71.4 Å². The molecule has 2 aromatic rings. The van der Waals surface area contributed by atoms with Crippen LogP contribution in [0.25, 0.3) is 11.1 Å². The van der Waals surface area contributed by atoms with Crippen molar-refractivity contribution in [2.75, 3.05) is 39.8 Å². The smallest absolute Gasteiger partial charge is 0.251 e. The average Bonchev–Trinajstić information content (AvgIpc) is 3.40. The fraction of sp³-hybridized carbons (Fsp3) is 0.600. The Morgan fingerprint density at radius 3 is 2.50 bits per heavy atom. The van der Waals surface area contributed by atoms with Crippen LogP contribution in [0.3, 0.4) is 0 Å². The van der Waals surface area contributed by atoms with E-state index in [9.17, 15) is 19.8 Å². The highest BCUT2D eigenvalue weighted by molar-refractivity contribution is 6.31. The predicted octanol–water partition coefficient (Wildman–Crippen LogP) is 4.10. The summed E-state index contributed by atoms with van der Waals surface area (Å²) in [6.07, 6.45) is 0.401. The summed E-state index contributed by atoms with van der Waals surface area (Å²) in [5.74, 6) is 0.775. The van der Waals surface area contributed by atoms with Crippen molar-refractivity contribution in [3.8, 4) is 16.9 Å². The van der Waals surface area contributed by atoms with Gasteiger partial charge < -0.3 is 30.5 Å². The number of amides is 2. The van der Waals surface area contributed by atoms with E-state index in [2.05, 4.69) is 31.4 Å². The van der Waals surface area contributed by atoms with E-state index in [4.69, 9.17) is 21.2 Å². The van der Waals surface area contributed by atoms with E-state index in [1.807, 2.05) is 37.2 Å². The van der Waals surface area contributed by atoms with E-state index < -0.39 is 24.2 Å². The molecule has 1 saturated heterocycles. The van der Waals surface area contributed by atoms with Gasteiger partial charge in [-0.2, -0.15) is 5.06 Å². The summed E-state index contributed by atoms with van der Waals surface area (Å²) in [6.45, 7) is 8.18. The number of rotatable bonds is 10. The molecule has 4 aliphatic rings. The summed E-state index contributed by atoms with van der Waals surface area (Å²) in [5, 5.41) is 29.1. The van der Waals surface area contributed by atoms with E-state index in [1.165, 1.54) is 11.5 Å². The van der Waals surface area contributed by atoms with Crippen molar-refractivity contribution in [2.24, 2.45) is 29.1 Å². The van der Waals surface area contributed by atoms with Gasteiger partial charge >= 0.3 is 0 Å². The molecule has 8 atom stereocenters. The van der Waals surface area contributed by atoms with Gasteiger partial charge in [0.15, 0.2) is 0 Å². The molecule has 6 rings (SSSR count). The van der Waals surface area contributed by atoms with Crippen molar-refractivity contribution in [3.05, 3.63) is 46.5 Å². The summed E-state index contributed by atoms with van der Waals surface area (Å²) in [6, 6.07) is 8.32. The first-order chi connectivity index (χ1) is 21.7. The second-order valence-corrected chi connectivity index (χ2v) is 14.5. The SMILES string of the molecule is CNC(=O)c1cc(-c2ccc(Cl)c(CN3O[C@@H](CO)[C@@H]([C@H](C)O)[C@H]3C(=O)N[C@H]3C[C@H]4C[C@H]([C@@H]3C)C4(C)C)c2OC)cc(N(C)C)c1. The molecule has 4 fully saturated rings. The minimum absolute atomic E-state index is 0.0221. The number of nitrogens with one attached hydrogen (secondary N) is 2. The van der Waals surface area contributed by atoms with Crippen LogP contribution < -0.4 is 20.3 Å². The van der Waals surface area contributed by atoms with Crippen LogP contribution in [0.2, 0.25) is 5.02 Å². The highest BCUT2D eigenvalue weighted by atomic mass is 35.5. The summed E-state index contributed by atoms with van der Waals surface area (Å²) >= 11 is 6.82. The largest absolute Gasteiger partial charge is 0.496 e. The zero-order valence-corrected chi connectivity index (χ0v) is 28.9. The molecule has 0 radical (unpaired) electrons. The van der Waals surface area contributed by atoms with Crippen LogP contribution in [0.15, 0.2) is 30.3 Å². The molecule has 0 aromatic heterocycles. The van der Waals surface area contributed by atoms with E-state index in [0.717, 1.165) is 17.7 Å². The number of ether oxygens (including phenoxy) is 1. The highest BCUT2D eigenvalue weighted by Crippen LogP contribution is 2.61. The molecule has 1 aliphatic heterocycles. The normalized spacial score (nSPS) is 29.1. The van der Waals surface area contributed by atoms with Gasteiger partial charge in [0.2, 0.25) is 5.91 Å². The Morgan fingerprint density at radius 1 is 1.22 bits per heavy atom. The molecule has 4 N–H and O–H groups in total. The Labute approximate surface area is 277 Å². The van der Waals surface area contributed by atoms with Crippen LogP contribution >= 0.6 is 11.6 Å². The number of aliphatic hydroxyl groups is 2. The van der Waals surface area contributed by atoms with Gasteiger partial charge in [0.25, 0.3) is 5.91 Å². The monoisotopic (exact) mass is 656 g/mol. The molecule has 3 saturated carbocycles. The van der Waals surface area contributed by atoms with Crippen LogP contribution in [0.4, 0.5) is 5.69 Å². The molecule has 3 aliphatic carbocycles. The number of aliphatic hydroxyl groups excluding tert-OH is 2. The Hall–Kier alpha value is -2.89. The van der Waals surface area contributed by atoms with Crippen molar-refractivity contribution >= 4 is 29.1 Å². The molecule has 1 heterocycles. The molecule has 46 heavy (non-hydrogen) atoms. The number of benzene rings is 2. The second kappa shape index (κ2) is 13.3. The van der Waals surface area contributed by atoms with E-state index in [0.29, 0.717) is 45.2 Å². The van der Waals surface area contributed by atoms with Gasteiger partial charge in [0.05, 0.1) is 26.4 Å². The van der Waals surface area contributed by atoms with Crippen molar-refractivity contribution in [1.29, 1.82) is 0 Å². The summed E-state index contributed by atoms with van der Waals surface area (Å²) in [4.78, 5) is 34.9. The van der Waals surface area contributed by atoms with E-state index >= 15 is 0 Å². The fourth-order valence-electron chi connectivity index (χ4n) is 8.15. The highest BCUT2D eigenvalue weighted by Gasteiger charge is 2.57. The standard InChI is InChI=1S/C35H49ClN4O6/c1-18-26-14-22(35(26,3)4)15-28(18)38-34(44)31-30(19(2)42)29(17-41)46-40(31)16-25-27(36)10-9-24(32(25)45-8)20-11-21(33(43)37-5)13-23(12-20)39(6)7/h9-13,18-19,22,26,28-31,41-42H,14-17H2,1-8H3,(H,37,43)(H,38,44)/t18-,19-,22+,26+,28-,29-,30+,31-/m0/s1. The number of halogens is 1. The molecule has 252 valence electrons. The van der Waals surface area contributed by atoms with Crippen LogP contribution in [0, 0.1) is 29.1 Å². The van der Waals surface area contributed by atoms with Gasteiger partial charge in [-0.15, -0.1) is 0 Å². The number of hydroxylamine groups is 2. The second-order valence-electron chi connectivity index (χ2n) is 14.1. The molecule has 0 spiro atoms. The summed E-state index contributed by atoms with van der Waals surface area (Å²) < 4.78 is 5.96. The van der Waals surface area contributed by atoms with Gasteiger partial charge in [0.1, 0.15) is 17.9 Å². The maximum absolute atomic E-state index is 14.1. The maximum Gasteiger partial charge on any atom is 0.251 e. The van der Waals surface area contributed by atoms with Gasteiger partial charge in [-0.25, -0.2) is 0 Å². The number of carbonyl (C=O) groups is 2. The third-order valence-corrected chi connectivity index (χ3v) is 11.4. The van der Waals surface area contributed by atoms with E-state index in [1.54, 1.807) is 33.2 Å². The zero-order chi connectivity index (χ0) is 33.7. The Morgan fingerprint density at radius 2 is 1.93 bits per heavy atom. The predicted molar refractivity (Wildman–Crippen MR) is 179 cm³/mol. The minimum atomic E-state index is -0.922. The fourth-order valence-corrected chi connectivity index (χ4v) is 8.36. The number of hydrogen-bond donors (Lipinski definition) is 4. The van der Waals surface area contributed by atoms with Crippen molar-refractivity contribution in [1.82, 2.24) is 15.7 Å². The number of carbonyl (C=O) groups excluding carboxylic acids is 2. The Bertz CT molecular complexity index is 1460. The minimum Gasteiger partial charge on any atom is -0.496 e. The first-order valence-corrected chi connectivity index (χ1v) is 16.5. The summed E-state index contributed by atoms with van der Waals surface area (Å²) in [7, 11) is 6.95. The lowest BCUT2D eigenvalue weighted by molar-refractivity contribution is -0.183. The molecule has 2 bridgehead atoms. The first-order valence-electron chi connectivity index (χ1n) is 16.2. The number of methoxy groups -OCH3 is 1. The van der Waals surface area contributed by atoms with Gasteiger partial charge in [-0.1, -0.05) is 32.4 Å². The van der Waals surface area contributed by atoms with Crippen LogP contribution in [-0.2, 0) is 16.2 Å². The molecular weight excluding hydrogens is 608 g/mol. The number of hydrogen-bond acceptors (Lipinski definition) is 8. The molecule has 0 unspecified atom stereocenters. The number of fused-ring (bicyclic) bond motifs is 2. The lowest BCUT2D eigenvalue weighted by atomic mass is 9.45. The third-order valence-electron chi connectivity index (χ3n) is 11.0. The van der Waals surface area contributed by atoms with Gasteiger partial charge in [-0.05, 0) is 78.8 Å². The van der Waals surface area contributed by atoms with Gasteiger partial charge in [-0.3, -0.25) is 14.4 Å². The van der Waals surface area contributed by atoms with Crippen LogP contribution in [-0.4, -0.2) is 86.2 Å². The zero-order valence-electron chi connectivity index (χ0n) is 28.1. The van der Waals surface area contributed by atoms with Crippen molar-refractivity contribution < 1.29 is 29.4 Å². The number of anilines is 1. The number of nitrogens with zero attached hydrogens (tertiary/aromatic N) is 2. The molecule has 2 aromatic carbocycles. The lowest BCUT2D eigenvalue weighted by Gasteiger charge is -2.62. The molecule has 10 nitrogen and oxygen atoms in total. The van der Waals surface area contributed by atoms with Crippen LogP contribution in [0.5, 0.6) is 5.75 Å². The van der Waals surface area contributed by atoms with Crippen molar-refractivity contribution in [3.63, 3.8) is 0 Å². The molecule has 2 amide bonds. The Balaban J connectivity index is 1.50. The van der Waals surface area contributed by atoms with Gasteiger partial charge in [0, 0.05) is 60.5 Å². The lowest BCUT2D eigenvalue weighted by Crippen LogP contribution is -2.62. The third kappa shape index (κ3) is 6.10. The quantitative estimate of drug-likeness (QED) is 0.302. The molecular formula is C35H49ClN4O6. The summed E-state index contributed by atoms with van der Waals surface area (Å²) in [5.41, 5.74) is 3.63. The topological polar surface area (TPSA) is 124 Å². The molecule has 11 heteroatoms. The van der Waals surface area contributed by atoms with E-state index in [-0.39, 0.29) is 36.4 Å². The Kier molecular flexibility index (Phi) is 9.97. The average molecular weight is 657 g/mol. The maximum atomic E-state index is 14.1. The first kappa shape index (κ1) is 34.4. The van der Waals surface area contributed by atoms with Crippen LogP contribution in [0.1, 0.15) is 56.5 Å².